The molecule has 2 heterocycles. The predicted octanol–water partition coefficient (Wildman–Crippen LogP) is 2.74. The topological polar surface area (TPSA) is 98.3 Å². The van der Waals surface area contributed by atoms with Gasteiger partial charge in [-0.25, -0.2) is 9.97 Å². The van der Waals surface area contributed by atoms with Crippen LogP contribution in [0.1, 0.15) is 55.9 Å². The van der Waals surface area contributed by atoms with Crippen LogP contribution in [-0.2, 0) is 17.6 Å². The molecule has 7 heteroatoms. The fourth-order valence-corrected chi connectivity index (χ4v) is 4.55. The second-order valence-electron chi connectivity index (χ2n) is 6.67. The number of hydrogen-bond donors (Lipinski definition) is 2. The van der Waals surface area contributed by atoms with E-state index < -0.39 is 12.0 Å². The minimum atomic E-state index is -1.01. The van der Waals surface area contributed by atoms with Crippen LogP contribution in [0.4, 0.5) is 0 Å². The first kappa shape index (κ1) is 18.1. The number of primary amides is 1. The van der Waals surface area contributed by atoms with E-state index in [1.165, 1.54) is 74.1 Å². The van der Waals surface area contributed by atoms with Crippen LogP contribution in [-0.4, -0.2) is 33.2 Å². The summed E-state index contributed by atoms with van der Waals surface area (Å²) in [6.07, 6.45) is 11.0. The quantitative estimate of drug-likeness (QED) is 0.874. The van der Waals surface area contributed by atoms with Crippen LogP contribution in [0.2, 0.25) is 0 Å². The molecule has 3 N–H and O–H groups in total. The van der Waals surface area contributed by atoms with Crippen molar-refractivity contribution in [1.82, 2.24) is 9.97 Å². The van der Waals surface area contributed by atoms with Gasteiger partial charge in [-0.15, -0.1) is 11.3 Å². The molecule has 2 aliphatic carbocycles. The van der Waals surface area contributed by atoms with Crippen LogP contribution < -0.4 is 10.5 Å². The summed E-state index contributed by atoms with van der Waals surface area (Å²) in [5.41, 5.74) is 6.01. The maximum absolute atomic E-state index is 9.67. The van der Waals surface area contributed by atoms with E-state index in [1.54, 1.807) is 6.33 Å². The lowest BCUT2D eigenvalue weighted by Gasteiger charge is -2.22. The van der Waals surface area contributed by atoms with Gasteiger partial charge in [0.2, 0.25) is 11.8 Å². The van der Waals surface area contributed by atoms with E-state index in [2.05, 4.69) is 15.7 Å². The molecule has 0 saturated heterocycles. The van der Waals surface area contributed by atoms with E-state index in [9.17, 15) is 4.79 Å². The van der Waals surface area contributed by atoms with E-state index >= 15 is 0 Å². The Kier molecular flexibility index (Phi) is 5.86. The molecular weight excluding hydrogens is 338 g/mol. The van der Waals surface area contributed by atoms with Crippen LogP contribution in [0.25, 0.3) is 10.2 Å². The Morgan fingerprint density at radius 1 is 1.28 bits per heavy atom. The second-order valence-corrected chi connectivity index (χ2v) is 7.76. The maximum atomic E-state index is 9.67. The Labute approximate surface area is 151 Å². The molecule has 0 radical (unpaired) electrons. The van der Waals surface area contributed by atoms with Crippen LogP contribution in [0, 0.1) is 0 Å². The van der Waals surface area contributed by atoms with Gasteiger partial charge in [0.05, 0.1) is 5.39 Å². The molecule has 1 atom stereocenters. The Morgan fingerprint density at radius 3 is 2.68 bits per heavy atom. The van der Waals surface area contributed by atoms with Gasteiger partial charge in [0.25, 0.3) is 0 Å². The molecule has 136 valence electrons. The van der Waals surface area contributed by atoms with Crippen molar-refractivity contribution in [3.63, 3.8) is 0 Å². The van der Waals surface area contributed by atoms with E-state index in [0.29, 0.717) is 6.10 Å². The van der Waals surface area contributed by atoms with E-state index in [1.807, 2.05) is 11.3 Å². The lowest BCUT2D eigenvalue weighted by Crippen LogP contribution is -2.24. The van der Waals surface area contributed by atoms with Crippen molar-refractivity contribution < 1.29 is 14.6 Å². The lowest BCUT2D eigenvalue weighted by atomic mass is 9.98. The van der Waals surface area contributed by atoms with Crippen LogP contribution in [0.15, 0.2) is 6.33 Å². The Bertz CT molecular complexity index is 738. The van der Waals surface area contributed by atoms with Crippen LogP contribution in [0.3, 0.4) is 0 Å². The maximum Gasteiger partial charge on any atom is 0.245 e. The van der Waals surface area contributed by atoms with Crippen molar-refractivity contribution in [2.45, 2.75) is 70.5 Å². The molecule has 1 fully saturated rings. The van der Waals surface area contributed by atoms with Gasteiger partial charge in [-0.05, 0) is 57.4 Å². The Balaban J connectivity index is 0.000000265. The summed E-state index contributed by atoms with van der Waals surface area (Å²) in [5.74, 6) is 0.159. The molecule has 1 amide bonds. The average Bonchev–Trinajstić information content (AvgIpc) is 3.17. The molecule has 2 aliphatic rings. The third-order valence-electron chi connectivity index (χ3n) is 4.71. The fraction of sp³-hybridized carbons (Fsp3) is 0.611. The molecule has 4 rings (SSSR count). The van der Waals surface area contributed by atoms with E-state index in [0.717, 1.165) is 10.7 Å². The van der Waals surface area contributed by atoms with Gasteiger partial charge in [-0.1, -0.05) is 6.42 Å². The van der Waals surface area contributed by atoms with Gasteiger partial charge < -0.3 is 15.6 Å². The first-order valence-corrected chi connectivity index (χ1v) is 9.77. The number of aliphatic hydroxyl groups excluding tert-OH is 1. The normalized spacial score (nSPS) is 18.3. The number of thiophene rings is 1. The number of aryl methyl sites for hydroxylation is 2. The Hall–Kier alpha value is -1.73. The first-order valence-electron chi connectivity index (χ1n) is 8.95. The highest BCUT2D eigenvalue weighted by Gasteiger charge is 2.24. The molecule has 1 unspecified atom stereocenters. The van der Waals surface area contributed by atoms with E-state index in [4.69, 9.17) is 9.84 Å². The van der Waals surface area contributed by atoms with E-state index in [-0.39, 0.29) is 0 Å². The van der Waals surface area contributed by atoms with Crippen molar-refractivity contribution in [2.24, 2.45) is 5.73 Å². The number of amides is 1. The molecule has 2 aromatic heterocycles. The predicted molar refractivity (Wildman–Crippen MR) is 97.8 cm³/mol. The average molecular weight is 363 g/mol. The van der Waals surface area contributed by atoms with Gasteiger partial charge in [0, 0.05) is 4.88 Å². The van der Waals surface area contributed by atoms with Gasteiger partial charge in [-0.2, -0.15) is 0 Å². The fourth-order valence-electron chi connectivity index (χ4n) is 3.33. The largest absolute Gasteiger partial charge is 0.474 e. The SMILES string of the molecule is CC(O)C(N)=O.c1nc(OC2CCCCC2)c2c3c(sc2n1)CCC3. The summed E-state index contributed by atoms with van der Waals surface area (Å²) >= 11 is 1.83. The number of aliphatic hydroxyl groups is 1. The third-order valence-corrected chi connectivity index (χ3v) is 5.91. The zero-order valence-corrected chi connectivity index (χ0v) is 15.3. The van der Waals surface area contributed by atoms with Crippen molar-refractivity contribution in [3.05, 3.63) is 16.8 Å². The van der Waals surface area contributed by atoms with Gasteiger partial charge in [0.15, 0.2) is 0 Å². The molecule has 0 aliphatic heterocycles. The highest BCUT2D eigenvalue weighted by Crippen LogP contribution is 2.40. The molecule has 0 spiro atoms. The standard InChI is InChI=1S/C15H18N2OS.C3H7NO2/c1-2-5-10(6-3-1)18-14-13-11-7-4-8-12(11)19-15(13)17-9-16-14;1-2(5)3(4)6/h9-10H,1-8H2;2,5H,1H3,(H2,4,6). The van der Waals surface area contributed by atoms with Crippen molar-refractivity contribution in [2.75, 3.05) is 0 Å². The summed E-state index contributed by atoms with van der Waals surface area (Å²) in [4.78, 5) is 21.1. The monoisotopic (exact) mass is 363 g/mol. The number of rotatable bonds is 3. The zero-order valence-electron chi connectivity index (χ0n) is 14.5. The number of aromatic nitrogens is 2. The van der Waals surface area contributed by atoms with Gasteiger partial charge >= 0.3 is 0 Å². The summed E-state index contributed by atoms with van der Waals surface area (Å²) in [5, 5.41) is 9.37. The smallest absolute Gasteiger partial charge is 0.245 e. The molecule has 2 aromatic rings. The lowest BCUT2D eigenvalue weighted by molar-refractivity contribution is -0.125. The molecular formula is C18H25N3O3S. The van der Waals surface area contributed by atoms with Crippen molar-refractivity contribution >= 4 is 27.5 Å². The molecule has 0 bridgehead atoms. The second kappa shape index (κ2) is 8.10. The third kappa shape index (κ3) is 4.27. The first-order chi connectivity index (χ1) is 12.1. The number of ether oxygens (including phenoxy) is 1. The minimum Gasteiger partial charge on any atom is -0.474 e. The number of carbonyl (C=O) groups is 1. The highest BCUT2D eigenvalue weighted by molar-refractivity contribution is 7.18. The number of nitrogens with zero attached hydrogens (tertiary/aromatic N) is 2. The molecule has 25 heavy (non-hydrogen) atoms. The highest BCUT2D eigenvalue weighted by atomic mass is 32.1. The summed E-state index contributed by atoms with van der Waals surface area (Å²) < 4.78 is 6.21. The van der Waals surface area contributed by atoms with Gasteiger partial charge in [0.1, 0.15) is 23.4 Å². The minimum absolute atomic E-state index is 0.365. The molecule has 0 aromatic carbocycles. The van der Waals surface area contributed by atoms with Crippen LogP contribution in [0.5, 0.6) is 5.88 Å². The summed E-state index contributed by atoms with van der Waals surface area (Å²) in [6, 6.07) is 0. The summed E-state index contributed by atoms with van der Waals surface area (Å²) in [6.45, 7) is 1.32. The van der Waals surface area contributed by atoms with Crippen LogP contribution >= 0.6 is 11.3 Å². The van der Waals surface area contributed by atoms with Crippen molar-refractivity contribution in [3.8, 4) is 5.88 Å². The zero-order chi connectivity index (χ0) is 17.8. The number of nitrogens with two attached hydrogens (primary N) is 1. The molecule has 1 saturated carbocycles. The number of fused-ring (bicyclic) bond motifs is 3. The Morgan fingerprint density at radius 2 is 2.00 bits per heavy atom. The number of carbonyl (C=O) groups excluding carboxylic acids is 1. The number of hydrogen-bond acceptors (Lipinski definition) is 6. The summed E-state index contributed by atoms with van der Waals surface area (Å²) in [7, 11) is 0. The molecule has 6 nitrogen and oxygen atoms in total. The van der Waals surface area contributed by atoms with Gasteiger partial charge in [-0.3, -0.25) is 4.79 Å². The van der Waals surface area contributed by atoms with Crippen molar-refractivity contribution in [1.29, 1.82) is 0 Å².